The van der Waals surface area contributed by atoms with Gasteiger partial charge in [-0.3, -0.25) is 4.79 Å². The number of allylic oxidation sites excluding steroid dienone is 4. The molecule has 1 nitrogen and oxygen atoms in total. The normalized spacial score (nSPS) is 36.7. The summed E-state index contributed by atoms with van der Waals surface area (Å²) in [6.07, 6.45) is 14.1. The van der Waals surface area contributed by atoms with Gasteiger partial charge in [0, 0.05) is 0 Å². The standard InChI is InChI=1S/C21H34O/c1-15(2)16(3)8-9-17(4)19-10-11-20-18(12-14-22)7-6-13-21(19,20)5/h8-9,12,14-17,19-20H,6-7,10-11,13H2,1-5H3/b9-8+,18-12+/t16-,17+,19?,20?,21?/m0/s1. The molecule has 0 radical (unpaired) electrons. The van der Waals surface area contributed by atoms with Crippen molar-refractivity contribution in [2.75, 3.05) is 0 Å². The number of carbonyl (C=O) groups excluding carboxylic acids is 1. The van der Waals surface area contributed by atoms with E-state index in [9.17, 15) is 4.79 Å². The Kier molecular flexibility index (Phi) is 5.69. The Labute approximate surface area is 137 Å². The van der Waals surface area contributed by atoms with Gasteiger partial charge in [-0.15, -0.1) is 0 Å². The smallest absolute Gasteiger partial charge is 0.142 e. The maximum Gasteiger partial charge on any atom is 0.142 e. The summed E-state index contributed by atoms with van der Waals surface area (Å²) < 4.78 is 0. The number of hydrogen-bond acceptors (Lipinski definition) is 1. The van der Waals surface area contributed by atoms with Crippen molar-refractivity contribution >= 4 is 6.29 Å². The molecule has 22 heavy (non-hydrogen) atoms. The van der Waals surface area contributed by atoms with Crippen molar-refractivity contribution < 1.29 is 4.79 Å². The molecule has 2 saturated carbocycles. The van der Waals surface area contributed by atoms with Crippen LogP contribution in [0, 0.1) is 35.0 Å². The Morgan fingerprint density at radius 1 is 1.14 bits per heavy atom. The molecular formula is C21H34O. The third-order valence-electron chi connectivity index (χ3n) is 6.72. The molecule has 0 amide bonds. The summed E-state index contributed by atoms with van der Waals surface area (Å²) in [5.74, 6) is 3.43. The van der Waals surface area contributed by atoms with Crippen molar-refractivity contribution in [3.8, 4) is 0 Å². The first-order chi connectivity index (χ1) is 10.4. The van der Waals surface area contributed by atoms with Crippen molar-refractivity contribution in [1.82, 2.24) is 0 Å². The fourth-order valence-corrected chi connectivity index (χ4v) is 4.94. The third-order valence-corrected chi connectivity index (χ3v) is 6.72. The van der Waals surface area contributed by atoms with Crippen LogP contribution in [0.25, 0.3) is 0 Å². The Morgan fingerprint density at radius 3 is 2.50 bits per heavy atom. The van der Waals surface area contributed by atoms with Gasteiger partial charge in [0.15, 0.2) is 0 Å². The maximum absolute atomic E-state index is 10.9. The minimum Gasteiger partial charge on any atom is -0.299 e. The molecule has 124 valence electrons. The molecule has 0 aromatic rings. The summed E-state index contributed by atoms with van der Waals surface area (Å²) in [5.41, 5.74) is 1.83. The summed E-state index contributed by atoms with van der Waals surface area (Å²) in [4.78, 5) is 10.9. The molecule has 0 heterocycles. The molecule has 1 heteroatoms. The largest absolute Gasteiger partial charge is 0.299 e. The fraction of sp³-hybridized carbons (Fsp3) is 0.762. The highest BCUT2D eigenvalue weighted by Gasteiger charge is 2.50. The second-order valence-corrected chi connectivity index (χ2v) is 8.32. The first kappa shape index (κ1) is 17.5. The maximum atomic E-state index is 10.9. The molecule has 0 N–H and O–H groups in total. The van der Waals surface area contributed by atoms with Crippen molar-refractivity contribution in [3.63, 3.8) is 0 Å². The van der Waals surface area contributed by atoms with Crippen molar-refractivity contribution in [3.05, 3.63) is 23.8 Å². The van der Waals surface area contributed by atoms with Crippen LogP contribution in [0.15, 0.2) is 23.8 Å². The highest BCUT2D eigenvalue weighted by atomic mass is 16.1. The monoisotopic (exact) mass is 302 g/mol. The predicted molar refractivity (Wildman–Crippen MR) is 94.6 cm³/mol. The molecule has 2 aliphatic rings. The molecule has 0 aliphatic heterocycles. The van der Waals surface area contributed by atoms with Gasteiger partial charge in [0.2, 0.25) is 0 Å². The fourth-order valence-electron chi connectivity index (χ4n) is 4.94. The summed E-state index contributed by atoms with van der Waals surface area (Å²) in [6.45, 7) is 11.8. The Bertz CT molecular complexity index is 445. The van der Waals surface area contributed by atoms with Crippen molar-refractivity contribution in [1.29, 1.82) is 0 Å². The van der Waals surface area contributed by atoms with Gasteiger partial charge in [0.05, 0.1) is 0 Å². The zero-order valence-corrected chi connectivity index (χ0v) is 15.1. The van der Waals surface area contributed by atoms with Gasteiger partial charge in [-0.25, -0.2) is 0 Å². The van der Waals surface area contributed by atoms with Crippen molar-refractivity contribution in [2.45, 2.75) is 66.7 Å². The molecule has 3 unspecified atom stereocenters. The molecule has 0 bridgehead atoms. The zero-order chi connectivity index (χ0) is 16.3. The highest BCUT2D eigenvalue weighted by Crippen LogP contribution is 2.59. The van der Waals surface area contributed by atoms with Crippen LogP contribution in [0.5, 0.6) is 0 Å². The zero-order valence-electron chi connectivity index (χ0n) is 15.1. The number of rotatable bonds is 5. The SMILES string of the molecule is CC(C)[C@@H](C)/C=C/[C@@H](C)C1CCC2/C(=C/C=O)CCCC21C. The number of hydrogen-bond donors (Lipinski definition) is 0. The van der Waals surface area contributed by atoms with Crippen LogP contribution in [-0.2, 0) is 4.79 Å². The van der Waals surface area contributed by atoms with Gasteiger partial charge in [-0.2, -0.15) is 0 Å². The average Bonchev–Trinajstić information content (AvgIpc) is 2.82. The second-order valence-electron chi connectivity index (χ2n) is 8.32. The Morgan fingerprint density at radius 2 is 1.86 bits per heavy atom. The lowest BCUT2D eigenvalue weighted by atomic mass is 9.61. The van der Waals surface area contributed by atoms with Crippen LogP contribution in [0.1, 0.15) is 66.7 Å². The molecule has 0 aromatic heterocycles. The van der Waals surface area contributed by atoms with Crippen LogP contribution in [-0.4, -0.2) is 6.29 Å². The van der Waals surface area contributed by atoms with Crippen molar-refractivity contribution in [2.24, 2.45) is 35.0 Å². The van der Waals surface area contributed by atoms with Crippen LogP contribution in [0.3, 0.4) is 0 Å². The first-order valence-corrected chi connectivity index (χ1v) is 9.22. The topological polar surface area (TPSA) is 17.1 Å². The molecule has 0 saturated heterocycles. The minimum absolute atomic E-state index is 0.401. The van der Waals surface area contributed by atoms with E-state index in [2.05, 4.69) is 46.8 Å². The Balaban J connectivity index is 2.13. The van der Waals surface area contributed by atoms with E-state index in [1.165, 1.54) is 31.3 Å². The molecule has 0 spiro atoms. The summed E-state index contributed by atoms with van der Waals surface area (Å²) in [7, 11) is 0. The number of fused-ring (bicyclic) bond motifs is 1. The molecule has 2 aliphatic carbocycles. The third kappa shape index (κ3) is 3.39. The van der Waals surface area contributed by atoms with E-state index in [0.29, 0.717) is 29.1 Å². The van der Waals surface area contributed by atoms with Gasteiger partial charge in [-0.05, 0) is 73.2 Å². The van der Waals surface area contributed by atoms with E-state index >= 15 is 0 Å². The lowest BCUT2D eigenvalue weighted by molar-refractivity contribution is -0.104. The van der Waals surface area contributed by atoms with Gasteiger partial charge < -0.3 is 0 Å². The number of aldehydes is 1. The van der Waals surface area contributed by atoms with Gasteiger partial charge in [0.25, 0.3) is 0 Å². The summed E-state index contributed by atoms with van der Waals surface area (Å²) in [6, 6.07) is 0. The van der Waals surface area contributed by atoms with E-state index in [0.717, 1.165) is 18.6 Å². The highest BCUT2D eigenvalue weighted by molar-refractivity contribution is 5.66. The molecule has 0 aromatic carbocycles. The van der Waals surface area contributed by atoms with Gasteiger partial charge in [-0.1, -0.05) is 52.3 Å². The van der Waals surface area contributed by atoms with Crippen LogP contribution >= 0.6 is 0 Å². The average molecular weight is 303 g/mol. The quantitative estimate of drug-likeness (QED) is 0.355. The van der Waals surface area contributed by atoms with Gasteiger partial charge in [0.1, 0.15) is 6.29 Å². The summed E-state index contributed by atoms with van der Waals surface area (Å²) >= 11 is 0. The summed E-state index contributed by atoms with van der Waals surface area (Å²) in [5, 5.41) is 0. The lowest BCUT2D eigenvalue weighted by Gasteiger charge is -2.44. The van der Waals surface area contributed by atoms with Gasteiger partial charge >= 0.3 is 0 Å². The van der Waals surface area contributed by atoms with Crippen LogP contribution in [0.2, 0.25) is 0 Å². The van der Waals surface area contributed by atoms with E-state index < -0.39 is 0 Å². The first-order valence-electron chi connectivity index (χ1n) is 9.22. The lowest BCUT2D eigenvalue weighted by Crippen LogP contribution is -2.35. The number of carbonyl (C=O) groups is 1. The van der Waals surface area contributed by atoms with Crippen LogP contribution < -0.4 is 0 Å². The predicted octanol–water partition coefficient (Wildman–Crippen LogP) is 5.81. The molecule has 2 fully saturated rings. The minimum atomic E-state index is 0.401. The molecule has 5 atom stereocenters. The van der Waals surface area contributed by atoms with Crippen LogP contribution in [0.4, 0.5) is 0 Å². The molecule has 2 rings (SSSR count). The molecular weight excluding hydrogens is 268 g/mol. The second kappa shape index (κ2) is 7.15. The van der Waals surface area contributed by atoms with E-state index in [1.807, 2.05) is 6.08 Å². The van der Waals surface area contributed by atoms with E-state index in [1.54, 1.807) is 0 Å². The van der Waals surface area contributed by atoms with E-state index in [4.69, 9.17) is 0 Å². The van der Waals surface area contributed by atoms with E-state index in [-0.39, 0.29) is 0 Å². The Hall–Kier alpha value is -0.850.